The zero-order chi connectivity index (χ0) is 13.8. The first-order valence-corrected chi connectivity index (χ1v) is 5.44. The van der Waals surface area contributed by atoms with Gasteiger partial charge >= 0.3 is 0 Å². The summed E-state index contributed by atoms with van der Waals surface area (Å²) in [4.78, 5) is 3.88. The van der Waals surface area contributed by atoms with Crippen LogP contribution in [0.1, 0.15) is 11.1 Å². The smallest absolute Gasteiger partial charge is 0.126 e. The topological polar surface area (TPSA) is 12.4 Å². The van der Waals surface area contributed by atoms with Crippen LogP contribution in [-0.2, 0) is 6.54 Å². The Kier molecular flexibility index (Phi) is 3.94. The number of rotatable bonds is 3. The molecule has 0 N–H and O–H groups in total. The molecule has 0 radical (unpaired) electrons. The fourth-order valence-corrected chi connectivity index (χ4v) is 1.61. The van der Waals surface area contributed by atoms with E-state index in [1.165, 1.54) is 6.21 Å². The minimum atomic E-state index is -0.710. The summed E-state index contributed by atoms with van der Waals surface area (Å²) < 4.78 is 51.6. The standard InChI is InChI=1S/C14H9F4N/c15-11-1-9(2-12(16)5-11)7-19-8-10-3-13(17)6-14(18)4-10/h1-7H,8H2/b19-7+. The summed E-state index contributed by atoms with van der Waals surface area (Å²) >= 11 is 0. The van der Waals surface area contributed by atoms with Crippen LogP contribution in [-0.4, -0.2) is 6.21 Å². The third-order valence-electron chi connectivity index (χ3n) is 2.32. The van der Waals surface area contributed by atoms with Crippen molar-refractivity contribution in [2.75, 3.05) is 0 Å². The first kappa shape index (κ1) is 13.3. The van der Waals surface area contributed by atoms with Gasteiger partial charge in [-0.25, -0.2) is 17.6 Å². The largest absolute Gasteiger partial charge is 0.288 e. The van der Waals surface area contributed by atoms with Crippen LogP contribution < -0.4 is 0 Å². The van der Waals surface area contributed by atoms with Gasteiger partial charge in [-0.15, -0.1) is 0 Å². The predicted molar refractivity (Wildman–Crippen MR) is 64.0 cm³/mol. The van der Waals surface area contributed by atoms with Crippen molar-refractivity contribution in [1.82, 2.24) is 0 Å². The molecule has 0 atom stereocenters. The van der Waals surface area contributed by atoms with Crippen molar-refractivity contribution in [3.63, 3.8) is 0 Å². The minimum Gasteiger partial charge on any atom is -0.288 e. The van der Waals surface area contributed by atoms with Crippen molar-refractivity contribution in [2.24, 2.45) is 4.99 Å². The summed E-state index contributed by atoms with van der Waals surface area (Å²) in [7, 11) is 0. The molecule has 0 aliphatic carbocycles. The number of halogens is 4. The Morgan fingerprint density at radius 2 is 1.21 bits per heavy atom. The van der Waals surface area contributed by atoms with Crippen LogP contribution in [0.4, 0.5) is 17.6 Å². The molecule has 19 heavy (non-hydrogen) atoms. The van der Waals surface area contributed by atoms with Gasteiger partial charge in [0.1, 0.15) is 23.3 Å². The van der Waals surface area contributed by atoms with Gasteiger partial charge in [-0.2, -0.15) is 0 Å². The van der Waals surface area contributed by atoms with Gasteiger partial charge in [0, 0.05) is 18.3 Å². The van der Waals surface area contributed by atoms with Crippen molar-refractivity contribution in [3.8, 4) is 0 Å². The maximum absolute atomic E-state index is 12.9. The van der Waals surface area contributed by atoms with Gasteiger partial charge in [-0.3, -0.25) is 4.99 Å². The average molecular weight is 267 g/mol. The first-order chi connectivity index (χ1) is 9.02. The lowest BCUT2D eigenvalue weighted by molar-refractivity contribution is 0.580. The SMILES string of the molecule is Fc1cc(F)cc(/C=N/Cc2cc(F)cc(F)c2)c1. The first-order valence-electron chi connectivity index (χ1n) is 5.44. The number of aliphatic imine (C=N–C) groups is 1. The minimum absolute atomic E-state index is 0.0206. The van der Waals surface area contributed by atoms with E-state index in [1.54, 1.807) is 0 Å². The van der Waals surface area contributed by atoms with Gasteiger partial charge < -0.3 is 0 Å². The molecule has 5 heteroatoms. The molecule has 0 aliphatic heterocycles. The van der Waals surface area contributed by atoms with Crippen molar-refractivity contribution in [3.05, 3.63) is 70.8 Å². The zero-order valence-electron chi connectivity index (χ0n) is 9.71. The lowest BCUT2D eigenvalue weighted by atomic mass is 10.2. The van der Waals surface area contributed by atoms with E-state index >= 15 is 0 Å². The summed E-state index contributed by atoms with van der Waals surface area (Å²) in [5.41, 5.74) is 0.583. The van der Waals surface area contributed by atoms with E-state index < -0.39 is 23.3 Å². The zero-order valence-corrected chi connectivity index (χ0v) is 9.71. The van der Waals surface area contributed by atoms with Crippen molar-refractivity contribution in [2.45, 2.75) is 6.54 Å². The highest BCUT2D eigenvalue weighted by molar-refractivity contribution is 5.79. The number of benzene rings is 2. The van der Waals surface area contributed by atoms with Crippen LogP contribution >= 0.6 is 0 Å². The summed E-state index contributed by atoms with van der Waals surface area (Å²) in [6, 6.07) is 6.02. The Morgan fingerprint density at radius 3 is 1.74 bits per heavy atom. The highest BCUT2D eigenvalue weighted by Gasteiger charge is 2.00. The molecule has 0 aromatic heterocycles. The summed E-state index contributed by atoms with van der Waals surface area (Å²) in [6.07, 6.45) is 1.25. The normalized spacial score (nSPS) is 11.2. The maximum atomic E-state index is 12.9. The molecular weight excluding hydrogens is 258 g/mol. The number of hydrogen-bond acceptors (Lipinski definition) is 1. The average Bonchev–Trinajstić information content (AvgIpc) is 2.26. The van der Waals surface area contributed by atoms with E-state index in [4.69, 9.17) is 0 Å². The van der Waals surface area contributed by atoms with Gasteiger partial charge in [0.25, 0.3) is 0 Å². The van der Waals surface area contributed by atoms with Crippen molar-refractivity contribution >= 4 is 6.21 Å². The molecule has 2 aromatic carbocycles. The molecule has 0 heterocycles. The van der Waals surface area contributed by atoms with Gasteiger partial charge in [0.2, 0.25) is 0 Å². The van der Waals surface area contributed by atoms with E-state index in [1.807, 2.05) is 0 Å². The number of hydrogen-bond donors (Lipinski definition) is 0. The monoisotopic (exact) mass is 267 g/mol. The van der Waals surface area contributed by atoms with Crippen LogP contribution in [0.15, 0.2) is 41.4 Å². The lowest BCUT2D eigenvalue weighted by Gasteiger charge is -1.98. The quantitative estimate of drug-likeness (QED) is 0.591. The molecule has 2 aromatic rings. The van der Waals surface area contributed by atoms with Crippen LogP contribution in [0.25, 0.3) is 0 Å². The van der Waals surface area contributed by atoms with Gasteiger partial charge in [-0.1, -0.05) is 0 Å². The molecule has 2 rings (SSSR count). The van der Waals surface area contributed by atoms with Gasteiger partial charge in [-0.05, 0) is 35.4 Å². The summed E-state index contributed by atoms with van der Waals surface area (Å²) in [6.45, 7) is 0.0206. The lowest BCUT2D eigenvalue weighted by Crippen LogP contribution is -1.90. The van der Waals surface area contributed by atoms with Crippen LogP contribution in [0.2, 0.25) is 0 Å². The highest BCUT2D eigenvalue weighted by Crippen LogP contribution is 2.10. The van der Waals surface area contributed by atoms with Crippen LogP contribution in [0.3, 0.4) is 0 Å². The van der Waals surface area contributed by atoms with E-state index in [9.17, 15) is 17.6 Å². The summed E-state index contributed by atoms with van der Waals surface area (Å²) in [5.74, 6) is -2.81. The highest BCUT2D eigenvalue weighted by atomic mass is 19.1. The second-order valence-corrected chi connectivity index (χ2v) is 3.95. The molecule has 0 saturated heterocycles. The molecule has 0 amide bonds. The Morgan fingerprint density at radius 1 is 0.737 bits per heavy atom. The van der Waals surface area contributed by atoms with E-state index in [0.717, 1.165) is 36.4 Å². The molecule has 1 nitrogen and oxygen atoms in total. The molecule has 98 valence electrons. The Bertz CT molecular complexity index is 582. The van der Waals surface area contributed by atoms with Gasteiger partial charge in [0.05, 0.1) is 6.54 Å². The Hall–Kier alpha value is -2.17. The Balaban J connectivity index is 2.11. The maximum Gasteiger partial charge on any atom is 0.126 e. The predicted octanol–water partition coefficient (Wildman–Crippen LogP) is 3.86. The molecule has 0 unspecified atom stereocenters. The molecule has 0 aliphatic rings. The second kappa shape index (κ2) is 5.65. The van der Waals surface area contributed by atoms with Crippen LogP contribution in [0.5, 0.6) is 0 Å². The second-order valence-electron chi connectivity index (χ2n) is 3.95. The van der Waals surface area contributed by atoms with Crippen LogP contribution in [0, 0.1) is 23.3 Å². The molecular formula is C14H9F4N. The molecule has 0 fully saturated rings. The van der Waals surface area contributed by atoms with E-state index in [2.05, 4.69) is 4.99 Å². The molecule has 0 spiro atoms. The summed E-state index contributed by atoms with van der Waals surface area (Å²) in [5, 5.41) is 0. The van der Waals surface area contributed by atoms with Crippen molar-refractivity contribution in [1.29, 1.82) is 0 Å². The fraction of sp³-hybridized carbons (Fsp3) is 0.0714. The van der Waals surface area contributed by atoms with Crippen molar-refractivity contribution < 1.29 is 17.6 Å². The number of nitrogens with zero attached hydrogens (tertiary/aromatic N) is 1. The fourth-order valence-electron chi connectivity index (χ4n) is 1.61. The Labute approximate surface area is 107 Å². The molecule has 0 bridgehead atoms. The van der Waals surface area contributed by atoms with Gasteiger partial charge in [0.15, 0.2) is 0 Å². The van der Waals surface area contributed by atoms with E-state index in [0.29, 0.717) is 5.56 Å². The third-order valence-corrected chi connectivity index (χ3v) is 2.32. The van der Waals surface area contributed by atoms with E-state index in [-0.39, 0.29) is 12.1 Å². The third kappa shape index (κ3) is 3.91. The molecule has 0 saturated carbocycles.